The van der Waals surface area contributed by atoms with Crippen LogP contribution in [0.1, 0.15) is 30.6 Å². The zero-order valence-corrected chi connectivity index (χ0v) is 12.1. The van der Waals surface area contributed by atoms with Gasteiger partial charge in [-0.25, -0.2) is 4.79 Å². The summed E-state index contributed by atoms with van der Waals surface area (Å²) >= 11 is 11.7. The molecular formula is C13H15Cl2NO3. The number of hydrogen-bond acceptors (Lipinski definition) is 2. The molecule has 0 aliphatic heterocycles. The second kappa shape index (κ2) is 6.78. The van der Waals surface area contributed by atoms with E-state index in [1.54, 1.807) is 6.07 Å². The van der Waals surface area contributed by atoms with Crippen LogP contribution in [-0.4, -0.2) is 23.0 Å². The number of rotatable bonds is 5. The lowest BCUT2D eigenvalue weighted by Gasteiger charge is -2.17. The Bertz CT molecular complexity index is 489. The van der Waals surface area contributed by atoms with Crippen molar-refractivity contribution in [2.24, 2.45) is 5.92 Å². The molecule has 19 heavy (non-hydrogen) atoms. The first kappa shape index (κ1) is 15.8. The van der Waals surface area contributed by atoms with Gasteiger partial charge in [-0.2, -0.15) is 0 Å². The quantitative estimate of drug-likeness (QED) is 0.877. The highest BCUT2D eigenvalue weighted by Crippen LogP contribution is 2.20. The fourth-order valence-corrected chi connectivity index (χ4v) is 1.98. The molecule has 0 bridgehead atoms. The van der Waals surface area contributed by atoms with Crippen molar-refractivity contribution < 1.29 is 14.7 Å². The SMILES string of the molecule is CC(C)CC(NC(=O)c1cc(Cl)ccc1Cl)C(=O)O. The lowest BCUT2D eigenvalue weighted by molar-refractivity contribution is -0.139. The Morgan fingerprint density at radius 1 is 1.32 bits per heavy atom. The highest BCUT2D eigenvalue weighted by Gasteiger charge is 2.22. The van der Waals surface area contributed by atoms with Crippen LogP contribution in [0.15, 0.2) is 18.2 Å². The van der Waals surface area contributed by atoms with E-state index >= 15 is 0 Å². The van der Waals surface area contributed by atoms with Crippen molar-refractivity contribution in [1.82, 2.24) is 5.32 Å². The summed E-state index contributed by atoms with van der Waals surface area (Å²) in [5.41, 5.74) is 0.171. The molecule has 0 aliphatic rings. The van der Waals surface area contributed by atoms with Gasteiger partial charge in [0.1, 0.15) is 6.04 Å². The number of halogens is 2. The van der Waals surface area contributed by atoms with Crippen LogP contribution >= 0.6 is 23.2 Å². The molecule has 0 aromatic heterocycles. The van der Waals surface area contributed by atoms with Crippen molar-refractivity contribution >= 4 is 35.1 Å². The summed E-state index contributed by atoms with van der Waals surface area (Å²) in [6.07, 6.45) is 0.346. The number of carboxylic acid groups (broad SMARTS) is 1. The number of carbonyl (C=O) groups is 2. The molecule has 0 saturated heterocycles. The summed E-state index contributed by atoms with van der Waals surface area (Å²) in [5.74, 6) is -1.46. The fourth-order valence-electron chi connectivity index (χ4n) is 1.60. The standard InChI is InChI=1S/C13H15Cl2NO3/c1-7(2)5-11(13(18)19)16-12(17)9-6-8(14)3-4-10(9)15/h3-4,6-7,11H,5H2,1-2H3,(H,16,17)(H,18,19). The second-order valence-electron chi connectivity index (χ2n) is 4.62. The molecule has 0 aliphatic carbocycles. The number of carbonyl (C=O) groups excluding carboxylic acids is 1. The largest absolute Gasteiger partial charge is 0.480 e. The third-order valence-corrected chi connectivity index (χ3v) is 3.05. The summed E-state index contributed by atoms with van der Waals surface area (Å²) in [7, 11) is 0. The number of carboxylic acids is 1. The first-order chi connectivity index (χ1) is 8.81. The Balaban J connectivity index is 2.87. The van der Waals surface area contributed by atoms with E-state index in [4.69, 9.17) is 28.3 Å². The fraction of sp³-hybridized carbons (Fsp3) is 0.385. The average molecular weight is 304 g/mol. The number of nitrogens with one attached hydrogen (secondary N) is 1. The Hall–Kier alpha value is -1.26. The number of benzene rings is 1. The smallest absolute Gasteiger partial charge is 0.326 e. The van der Waals surface area contributed by atoms with Gasteiger partial charge in [0.25, 0.3) is 5.91 Å². The van der Waals surface area contributed by atoms with Gasteiger partial charge in [0.2, 0.25) is 0 Å². The van der Waals surface area contributed by atoms with Gasteiger partial charge >= 0.3 is 5.97 Å². The van der Waals surface area contributed by atoms with Crippen LogP contribution in [0.3, 0.4) is 0 Å². The molecule has 1 aromatic carbocycles. The molecule has 104 valence electrons. The van der Waals surface area contributed by atoms with Gasteiger partial charge < -0.3 is 10.4 Å². The third-order valence-electron chi connectivity index (χ3n) is 2.48. The zero-order valence-electron chi connectivity index (χ0n) is 10.6. The van der Waals surface area contributed by atoms with Gasteiger partial charge in [0.05, 0.1) is 10.6 Å². The van der Waals surface area contributed by atoms with Gasteiger partial charge in [-0.3, -0.25) is 4.79 Å². The van der Waals surface area contributed by atoms with Crippen LogP contribution in [0.2, 0.25) is 10.0 Å². The monoisotopic (exact) mass is 303 g/mol. The lowest BCUT2D eigenvalue weighted by atomic mass is 10.0. The third kappa shape index (κ3) is 4.73. The van der Waals surface area contributed by atoms with Crippen LogP contribution in [0.25, 0.3) is 0 Å². The molecule has 2 N–H and O–H groups in total. The van der Waals surface area contributed by atoms with Gasteiger partial charge in [-0.1, -0.05) is 37.0 Å². The normalized spacial score (nSPS) is 12.3. The minimum absolute atomic E-state index is 0.149. The number of hydrogen-bond donors (Lipinski definition) is 2. The van der Waals surface area contributed by atoms with Crippen LogP contribution in [0, 0.1) is 5.92 Å². The lowest BCUT2D eigenvalue weighted by Crippen LogP contribution is -2.41. The van der Waals surface area contributed by atoms with E-state index in [9.17, 15) is 9.59 Å². The molecule has 0 saturated carbocycles. The molecule has 1 amide bonds. The predicted molar refractivity (Wildman–Crippen MR) is 74.8 cm³/mol. The molecule has 1 rings (SSSR count). The van der Waals surface area contributed by atoms with Crippen molar-refractivity contribution in [1.29, 1.82) is 0 Å². The summed E-state index contributed by atoms with van der Waals surface area (Å²) in [5, 5.41) is 12.1. The Morgan fingerprint density at radius 2 is 1.95 bits per heavy atom. The van der Waals surface area contributed by atoms with E-state index < -0.39 is 17.9 Å². The maximum absolute atomic E-state index is 12.0. The molecule has 0 spiro atoms. The van der Waals surface area contributed by atoms with E-state index in [-0.39, 0.29) is 16.5 Å². The second-order valence-corrected chi connectivity index (χ2v) is 5.46. The minimum atomic E-state index is -1.07. The Morgan fingerprint density at radius 3 is 2.47 bits per heavy atom. The maximum Gasteiger partial charge on any atom is 0.326 e. The zero-order chi connectivity index (χ0) is 14.6. The molecule has 4 nitrogen and oxygen atoms in total. The summed E-state index contributed by atoms with van der Waals surface area (Å²) in [4.78, 5) is 23.1. The average Bonchev–Trinajstić information content (AvgIpc) is 2.30. The minimum Gasteiger partial charge on any atom is -0.480 e. The van der Waals surface area contributed by atoms with Gasteiger partial charge in [0.15, 0.2) is 0 Å². The summed E-state index contributed by atoms with van der Waals surface area (Å²) in [6, 6.07) is 3.52. The van der Waals surface area contributed by atoms with Crippen molar-refractivity contribution in [3.8, 4) is 0 Å². The summed E-state index contributed by atoms with van der Waals surface area (Å²) < 4.78 is 0. The van der Waals surface area contributed by atoms with Crippen LogP contribution in [0.4, 0.5) is 0 Å². The molecule has 0 fully saturated rings. The molecule has 1 atom stereocenters. The van der Waals surface area contributed by atoms with Crippen molar-refractivity contribution in [2.75, 3.05) is 0 Å². The van der Waals surface area contributed by atoms with E-state index in [1.807, 2.05) is 13.8 Å². The predicted octanol–water partition coefficient (Wildman–Crippen LogP) is 3.22. The van der Waals surface area contributed by atoms with E-state index in [2.05, 4.69) is 5.32 Å². The number of aliphatic carboxylic acids is 1. The van der Waals surface area contributed by atoms with Crippen molar-refractivity contribution in [3.63, 3.8) is 0 Å². The first-order valence-electron chi connectivity index (χ1n) is 5.80. The van der Waals surface area contributed by atoms with E-state index in [0.717, 1.165) is 0 Å². The maximum atomic E-state index is 12.0. The topological polar surface area (TPSA) is 66.4 Å². The molecule has 6 heteroatoms. The van der Waals surface area contributed by atoms with Gasteiger partial charge in [0, 0.05) is 5.02 Å². The van der Waals surface area contributed by atoms with Crippen molar-refractivity contribution in [2.45, 2.75) is 26.3 Å². The first-order valence-corrected chi connectivity index (χ1v) is 6.55. The van der Waals surface area contributed by atoms with E-state index in [0.29, 0.717) is 11.4 Å². The highest BCUT2D eigenvalue weighted by molar-refractivity contribution is 6.35. The van der Waals surface area contributed by atoms with Gasteiger partial charge in [-0.15, -0.1) is 0 Å². The van der Waals surface area contributed by atoms with Crippen LogP contribution in [0.5, 0.6) is 0 Å². The summed E-state index contributed by atoms with van der Waals surface area (Å²) in [6.45, 7) is 3.77. The molecular weight excluding hydrogens is 289 g/mol. The Labute approximate surface area is 121 Å². The Kier molecular flexibility index (Phi) is 5.63. The molecule has 0 radical (unpaired) electrons. The van der Waals surface area contributed by atoms with E-state index in [1.165, 1.54) is 12.1 Å². The number of amides is 1. The van der Waals surface area contributed by atoms with Crippen molar-refractivity contribution in [3.05, 3.63) is 33.8 Å². The highest BCUT2D eigenvalue weighted by atomic mass is 35.5. The molecule has 0 heterocycles. The van der Waals surface area contributed by atoms with Crippen LogP contribution < -0.4 is 5.32 Å². The van der Waals surface area contributed by atoms with Gasteiger partial charge in [-0.05, 0) is 30.5 Å². The molecule has 1 aromatic rings. The van der Waals surface area contributed by atoms with Crippen LogP contribution in [-0.2, 0) is 4.79 Å². The molecule has 1 unspecified atom stereocenters.